The van der Waals surface area contributed by atoms with Crippen molar-refractivity contribution < 1.29 is 4.74 Å². The number of benzene rings is 1. The average Bonchev–Trinajstić information content (AvgIpc) is 2.81. The zero-order chi connectivity index (χ0) is 13.8. The number of amidine groups is 1. The van der Waals surface area contributed by atoms with Crippen LogP contribution in [0.4, 0.5) is 5.69 Å². The Bertz CT molecular complexity index is 494. The molecule has 1 unspecified atom stereocenters. The Kier molecular flexibility index (Phi) is 5.59. The van der Waals surface area contributed by atoms with E-state index in [-0.39, 0.29) is 0 Å². The lowest BCUT2D eigenvalue weighted by Crippen LogP contribution is -2.08. The summed E-state index contributed by atoms with van der Waals surface area (Å²) in [5.41, 5.74) is 0.975. The molecule has 2 rings (SSSR count). The number of aliphatic imine (C=N–C) groups is 1. The second-order valence-electron chi connectivity index (χ2n) is 4.27. The summed E-state index contributed by atoms with van der Waals surface area (Å²) in [6.45, 7) is 3.12. The number of hydrogen-bond acceptors (Lipinski definition) is 4. The molecule has 6 heteroatoms. The second-order valence-corrected chi connectivity index (χ2v) is 7.26. The van der Waals surface area contributed by atoms with Crippen LogP contribution in [0.25, 0.3) is 0 Å². The van der Waals surface area contributed by atoms with Gasteiger partial charge in [-0.05, 0) is 44.3 Å². The van der Waals surface area contributed by atoms with Gasteiger partial charge in [0.15, 0.2) is 5.17 Å². The Labute approximate surface area is 134 Å². The zero-order valence-electron chi connectivity index (χ0n) is 10.9. The van der Waals surface area contributed by atoms with E-state index in [0.717, 1.165) is 32.1 Å². The molecule has 19 heavy (non-hydrogen) atoms. The standard InChI is InChI=1S/C13H16Br2N2OS/c1-3-4-8-7-16-13(19-8)17-11-6-12(18-2)10(15)5-9(11)14/h5-6,8H,3-4,7H2,1-2H3,(H,16,17). The van der Waals surface area contributed by atoms with Gasteiger partial charge >= 0.3 is 0 Å². The maximum absolute atomic E-state index is 5.31. The number of hydrogen-bond donors (Lipinski definition) is 1. The highest BCUT2D eigenvalue weighted by Gasteiger charge is 2.19. The van der Waals surface area contributed by atoms with Crippen molar-refractivity contribution in [3.8, 4) is 5.75 Å². The van der Waals surface area contributed by atoms with Gasteiger partial charge < -0.3 is 10.1 Å². The van der Waals surface area contributed by atoms with E-state index in [0.29, 0.717) is 5.25 Å². The van der Waals surface area contributed by atoms with Crippen LogP contribution in [0, 0.1) is 0 Å². The van der Waals surface area contributed by atoms with E-state index in [1.54, 1.807) is 7.11 Å². The molecule has 1 aliphatic rings. The smallest absolute Gasteiger partial charge is 0.161 e. The molecule has 3 nitrogen and oxygen atoms in total. The number of nitrogens with one attached hydrogen (secondary N) is 1. The largest absolute Gasteiger partial charge is 0.495 e. The molecule has 1 aromatic carbocycles. The lowest BCUT2D eigenvalue weighted by molar-refractivity contribution is 0.412. The number of rotatable bonds is 4. The first-order valence-electron chi connectivity index (χ1n) is 6.15. The molecular formula is C13H16Br2N2OS. The number of ether oxygens (including phenoxy) is 1. The summed E-state index contributed by atoms with van der Waals surface area (Å²) in [7, 11) is 1.66. The van der Waals surface area contributed by atoms with Gasteiger partial charge in [0.1, 0.15) is 5.75 Å². The minimum absolute atomic E-state index is 0.614. The van der Waals surface area contributed by atoms with E-state index < -0.39 is 0 Å². The maximum Gasteiger partial charge on any atom is 0.161 e. The summed E-state index contributed by atoms with van der Waals surface area (Å²) in [6.07, 6.45) is 2.42. The number of halogens is 2. The van der Waals surface area contributed by atoms with Crippen molar-refractivity contribution in [1.29, 1.82) is 0 Å². The van der Waals surface area contributed by atoms with Gasteiger partial charge in [-0.3, -0.25) is 4.99 Å². The molecule has 0 bridgehead atoms. The van der Waals surface area contributed by atoms with Crippen LogP contribution in [-0.2, 0) is 0 Å². The molecule has 0 saturated carbocycles. The Morgan fingerprint density at radius 2 is 2.21 bits per heavy atom. The van der Waals surface area contributed by atoms with Crippen molar-refractivity contribution in [2.45, 2.75) is 25.0 Å². The second kappa shape index (κ2) is 6.99. The predicted molar refractivity (Wildman–Crippen MR) is 90.6 cm³/mol. The summed E-state index contributed by atoms with van der Waals surface area (Å²) in [4.78, 5) is 4.55. The Hall–Kier alpha value is -0.200. The summed E-state index contributed by atoms with van der Waals surface area (Å²) >= 11 is 8.84. The van der Waals surface area contributed by atoms with E-state index in [4.69, 9.17) is 4.74 Å². The average molecular weight is 408 g/mol. The van der Waals surface area contributed by atoms with Gasteiger partial charge in [0.2, 0.25) is 0 Å². The number of anilines is 1. The molecule has 0 fully saturated rings. The molecule has 1 heterocycles. The van der Waals surface area contributed by atoms with Crippen LogP contribution in [0.2, 0.25) is 0 Å². The fraction of sp³-hybridized carbons (Fsp3) is 0.462. The Balaban J connectivity index is 2.08. The maximum atomic E-state index is 5.31. The lowest BCUT2D eigenvalue weighted by atomic mass is 10.2. The SMILES string of the molecule is CCCC1CN=C(Nc2cc(OC)c(Br)cc2Br)S1. The van der Waals surface area contributed by atoms with Crippen molar-refractivity contribution in [1.82, 2.24) is 0 Å². The summed E-state index contributed by atoms with van der Waals surface area (Å²) in [6, 6.07) is 3.94. The summed E-state index contributed by atoms with van der Waals surface area (Å²) in [5, 5.41) is 4.97. The Morgan fingerprint density at radius 1 is 1.42 bits per heavy atom. The van der Waals surface area contributed by atoms with Crippen molar-refractivity contribution in [3.63, 3.8) is 0 Å². The fourth-order valence-corrected chi connectivity index (χ4v) is 4.25. The van der Waals surface area contributed by atoms with E-state index in [9.17, 15) is 0 Å². The molecule has 1 aromatic rings. The molecule has 0 aliphatic carbocycles. The molecule has 1 N–H and O–H groups in total. The Morgan fingerprint density at radius 3 is 2.89 bits per heavy atom. The van der Waals surface area contributed by atoms with Crippen molar-refractivity contribution in [2.24, 2.45) is 4.99 Å². The zero-order valence-corrected chi connectivity index (χ0v) is 14.9. The molecule has 0 amide bonds. The van der Waals surface area contributed by atoms with Gasteiger partial charge in [-0.25, -0.2) is 0 Å². The third kappa shape index (κ3) is 3.89. The quantitative estimate of drug-likeness (QED) is 0.770. The number of thioether (sulfide) groups is 1. The molecule has 0 aromatic heterocycles. The monoisotopic (exact) mass is 406 g/mol. The number of nitrogens with zero attached hydrogens (tertiary/aromatic N) is 1. The van der Waals surface area contributed by atoms with E-state index in [2.05, 4.69) is 49.1 Å². The van der Waals surface area contributed by atoms with Gasteiger partial charge in [0.25, 0.3) is 0 Å². The molecule has 0 saturated heterocycles. The first-order valence-corrected chi connectivity index (χ1v) is 8.61. The van der Waals surface area contributed by atoms with Crippen LogP contribution >= 0.6 is 43.6 Å². The van der Waals surface area contributed by atoms with Crippen molar-refractivity contribution in [2.75, 3.05) is 19.0 Å². The minimum Gasteiger partial charge on any atom is -0.495 e. The summed E-state index contributed by atoms with van der Waals surface area (Å²) < 4.78 is 7.23. The lowest BCUT2D eigenvalue weighted by Gasteiger charge is -2.12. The van der Waals surface area contributed by atoms with Gasteiger partial charge in [-0.2, -0.15) is 0 Å². The highest BCUT2D eigenvalue weighted by molar-refractivity contribution is 9.11. The minimum atomic E-state index is 0.614. The third-order valence-electron chi connectivity index (χ3n) is 2.81. The van der Waals surface area contributed by atoms with Crippen LogP contribution in [-0.4, -0.2) is 24.1 Å². The van der Waals surface area contributed by atoms with Crippen molar-refractivity contribution >= 4 is 54.5 Å². The first kappa shape index (κ1) is 15.2. The first-order chi connectivity index (χ1) is 9.13. The van der Waals surface area contributed by atoms with E-state index in [1.165, 1.54) is 12.8 Å². The van der Waals surface area contributed by atoms with E-state index >= 15 is 0 Å². The fourth-order valence-electron chi connectivity index (χ4n) is 1.85. The van der Waals surface area contributed by atoms with Gasteiger partial charge in [0, 0.05) is 15.8 Å². The predicted octanol–water partition coefficient (Wildman–Crippen LogP) is 4.90. The highest BCUT2D eigenvalue weighted by atomic mass is 79.9. The molecule has 0 spiro atoms. The number of methoxy groups -OCH3 is 1. The van der Waals surface area contributed by atoms with Crippen LogP contribution in [0.5, 0.6) is 5.75 Å². The molecule has 1 aliphatic heterocycles. The van der Waals surface area contributed by atoms with Crippen LogP contribution in [0.15, 0.2) is 26.1 Å². The van der Waals surface area contributed by atoms with E-state index in [1.807, 2.05) is 23.9 Å². The molecule has 0 radical (unpaired) electrons. The highest BCUT2D eigenvalue weighted by Crippen LogP contribution is 2.36. The topological polar surface area (TPSA) is 33.6 Å². The van der Waals surface area contributed by atoms with Gasteiger partial charge in [0.05, 0.1) is 23.8 Å². The normalized spacial score (nSPS) is 18.3. The van der Waals surface area contributed by atoms with Crippen LogP contribution < -0.4 is 10.1 Å². The molecule has 1 atom stereocenters. The third-order valence-corrected chi connectivity index (χ3v) is 5.26. The molecular weight excluding hydrogens is 392 g/mol. The van der Waals surface area contributed by atoms with Crippen molar-refractivity contribution in [3.05, 3.63) is 21.1 Å². The molecule has 104 valence electrons. The van der Waals surface area contributed by atoms with Gasteiger partial charge in [-0.15, -0.1) is 0 Å². The van der Waals surface area contributed by atoms with Gasteiger partial charge in [-0.1, -0.05) is 25.1 Å². The summed E-state index contributed by atoms with van der Waals surface area (Å²) in [5.74, 6) is 0.805. The van der Waals surface area contributed by atoms with Crippen LogP contribution in [0.3, 0.4) is 0 Å². The van der Waals surface area contributed by atoms with Crippen LogP contribution in [0.1, 0.15) is 19.8 Å².